The predicted octanol–water partition coefficient (Wildman–Crippen LogP) is 5.10. The van der Waals surface area contributed by atoms with Crippen LogP contribution in [0.5, 0.6) is 5.75 Å². The molecule has 180 valence electrons. The third kappa shape index (κ3) is 5.04. The Morgan fingerprint density at radius 3 is 2.29 bits per heavy atom. The van der Waals surface area contributed by atoms with Crippen molar-refractivity contribution in [2.75, 3.05) is 39.3 Å². The van der Waals surface area contributed by atoms with Crippen molar-refractivity contribution in [1.82, 2.24) is 10.2 Å². The van der Waals surface area contributed by atoms with Crippen LogP contribution in [-0.2, 0) is 0 Å². The Labute approximate surface area is 204 Å². The molecule has 0 atom stereocenters. The van der Waals surface area contributed by atoms with Crippen LogP contribution in [0.4, 0.5) is 8.78 Å². The second kappa shape index (κ2) is 10.1. The lowest BCUT2D eigenvalue weighted by atomic mass is 9.93. The first-order valence-corrected chi connectivity index (χ1v) is 12.0. The van der Waals surface area contributed by atoms with Crippen molar-refractivity contribution < 1.29 is 18.3 Å². The van der Waals surface area contributed by atoms with Gasteiger partial charge in [-0.15, -0.1) is 0 Å². The van der Waals surface area contributed by atoms with Crippen LogP contribution in [0.2, 0.25) is 0 Å². The number of fused-ring (bicyclic) bond motifs is 1. The molecule has 0 spiro atoms. The van der Waals surface area contributed by atoms with E-state index in [-0.39, 0.29) is 5.78 Å². The van der Waals surface area contributed by atoms with Gasteiger partial charge in [-0.3, -0.25) is 4.79 Å². The van der Waals surface area contributed by atoms with Crippen molar-refractivity contribution in [3.05, 3.63) is 100 Å². The molecule has 3 aromatic carbocycles. The van der Waals surface area contributed by atoms with Crippen LogP contribution in [0.3, 0.4) is 0 Å². The first kappa shape index (κ1) is 23.4. The summed E-state index contributed by atoms with van der Waals surface area (Å²) in [4.78, 5) is 16.0. The van der Waals surface area contributed by atoms with Gasteiger partial charge in [0.15, 0.2) is 5.78 Å². The van der Waals surface area contributed by atoms with Crippen LogP contribution in [0.1, 0.15) is 39.0 Å². The number of ether oxygens (including phenoxy) is 1. The lowest BCUT2D eigenvalue weighted by Gasteiger charge is -2.26. The molecule has 2 aliphatic rings. The minimum atomic E-state index is -0.680. The van der Waals surface area contributed by atoms with Gasteiger partial charge in [0.2, 0.25) is 0 Å². The first-order chi connectivity index (χ1) is 17.0. The number of Topliss-reactive ketones (excluding diaryl/α,β-unsaturated/α-hetero) is 1. The number of hydrogen-bond donors (Lipinski definition) is 1. The molecule has 1 saturated heterocycles. The van der Waals surface area contributed by atoms with Gasteiger partial charge in [-0.05, 0) is 60.4 Å². The Balaban J connectivity index is 1.43. The van der Waals surface area contributed by atoms with Gasteiger partial charge in [0.05, 0.1) is 6.61 Å². The molecule has 1 aliphatic carbocycles. The number of carbonyl (C=O) groups excluding carboxylic acids is 1. The van der Waals surface area contributed by atoms with Gasteiger partial charge in [0.25, 0.3) is 0 Å². The summed E-state index contributed by atoms with van der Waals surface area (Å²) in [6.45, 7) is 7.62. The fourth-order valence-electron chi connectivity index (χ4n) is 4.81. The monoisotopic (exact) mass is 474 g/mol. The zero-order valence-electron chi connectivity index (χ0n) is 19.7. The van der Waals surface area contributed by atoms with E-state index < -0.39 is 11.6 Å². The molecule has 6 heteroatoms. The number of benzene rings is 3. The lowest BCUT2D eigenvalue weighted by Crippen LogP contribution is -2.43. The summed E-state index contributed by atoms with van der Waals surface area (Å²) in [7, 11) is 0. The maximum Gasteiger partial charge on any atom is 0.195 e. The molecule has 0 radical (unpaired) electrons. The van der Waals surface area contributed by atoms with Gasteiger partial charge >= 0.3 is 0 Å². The van der Waals surface area contributed by atoms with Gasteiger partial charge in [-0.2, -0.15) is 0 Å². The number of ketones is 1. The van der Waals surface area contributed by atoms with Crippen molar-refractivity contribution in [1.29, 1.82) is 0 Å². The van der Waals surface area contributed by atoms with Crippen LogP contribution in [-0.4, -0.2) is 50.0 Å². The Morgan fingerprint density at radius 2 is 1.57 bits per heavy atom. The standard InChI is InChI=1S/C29H28F2N2O2/c1-19-3-5-20(6-4-19)28-27(21-15-22(30)17-23(31)16-21)25-8-7-24(18-26(25)29(28)34)35-14-2-11-33-12-9-32-10-13-33/h3-8,15-18,32H,2,9-14H2,1H3. The van der Waals surface area contributed by atoms with E-state index in [2.05, 4.69) is 10.2 Å². The number of piperazine rings is 1. The van der Waals surface area contributed by atoms with Crippen molar-refractivity contribution in [2.45, 2.75) is 13.3 Å². The van der Waals surface area contributed by atoms with Crippen molar-refractivity contribution in [3.63, 3.8) is 0 Å². The average Bonchev–Trinajstić information content (AvgIpc) is 3.14. The van der Waals surface area contributed by atoms with Crippen molar-refractivity contribution in [2.24, 2.45) is 0 Å². The molecule has 3 aromatic rings. The predicted molar refractivity (Wildman–Crippen MR) is 134 cm³/mol. The van der Waals surface area contributed by atoms with E-state index in [0.717, 1.165) is 56.3 Å². The van der Waals surface area contributed by atoms with E-state index in [1.165, 1.54) is 12.1 Å². The maximum absolute atomic E-state index is 14.1. The third-order valence-corrected chi connectivity index (χ3v) is 6.57. The number of allylic oxidation sites excluding steroid dienone is 1. The average molecular weight is 475 g/mol. The smallest absolute Gasteiger partial charge is 0.195 e. The van der Waals surface area contributed by atoms with E-state index in [0.29, 0.717) is 40.2 Å². The van der Waals surface area contributed by atoms with Crippen LogP contribution < -0.4 is 10.1 Å². The molecular formula is C29H28F2N2O2. The Kier molecular flexibility index (Phi) is 6.75. The highest BCUT2D eigenvalue weighted by Gasteiger charge is 2.32. The van der Waals surface area contributed by atoms with Gasteiger partial charge in [-0.1, -0.05) is 29.8 Å². The number of rotatable bonds is 7. The fraction of sp³-hybridized carbons (Fsp3) is 0.276. The molecule has 35 heavy (non-hydrogen) atoms. The quantitative estimate of drug-likeness (QED) is 0.484. The second-order valence-corrected chi connectivity index (χ2v) is 9.10. The van der Waals surface area contributed by atoms with Crippen LogP contribution in [0.15, 0.2) is 60.7 Å². The molecule has 0 saturated carbocycles. The van der Waals surface area contributed by atoms with Crippen LogP contribution in [0, 0.1) is 18.6 Å². The summed E-state index contributed by atoms with van der Waals surface area (Å²) < 4.78 is 34.2. The number of nitrogens with zero attached hydrogens (tertiary/aromatic N) is 1. The summed E-state index contributed by atoms with van der Waals surface area (Å²) in [5.74, 6) is -0.913. The largest absolute Gasteiger partial charge is 0.494 e. The summed E-state index contributed by atoms with van der Waals surface area (Å²) in [6.07, 6.45) is 0.895. The van der Waals surface area contributed by atoms with Gasteiger partial charge in [0.1, 0.15) is 17.4 Å². The fourth-order valence-corrected chi connectivity index (χ4v) is 4.81. The molecule has 1 N–H and O–H groups in total. The van der Waals surface area contributed by atoms with Gasteiger partial charge < -0.3 is 15.0 Å². The topological polar surface area (TPSA) is 41.6 Å². The summed E-state index contributed by atoms with van der Waals surface area (Å²) in [6, 6.07) is 16.4. The summed E-state index contributed by atoms with van der Waals surface area (Å²) in [5.41, 5.74) is 4.25. The van der Waals surface area contributed by atoms with E-state index in [1.807, 2.05) is 43.3 Å². The van der Waals surface area contributed by atoms with E-state index >= 15 is 0 Å². The van der Waals surface area contributed by atoms with Crippen LogP contribution >= 0.6 is 0 Å². The molecule has 1 fully saturated rings. The molecule has 5 rings (SSSR count). The lowest BCUT2D eigenvalue weighted by molar-refractivity contribution is 0.105. The van der Waals surface area contributed by atoms with E-state index in [4.69, 9.17) is 4.74 Å². The molecule has 1 aliphatic heterocycles. The normalized spacial score (nSPS) is 16.0. The Morgan fingerprint density at radius 1 is 0.857 bits per heavy atom. The zero-order chi connectivity index (χ0) is 24.4. The van der Waals surface area contributed by atoms with Crippen molar-refractivity contribution >= 4 is 16.9 Å². The van der Waals surface area contributed by atoms with Crippen molar-refractivity contribution in [3.8, 4) is 5.75 Å². The van der Waals surface area contributed by atoms with Crippen LogP contribution in [0.25, 0.3) is 11.1 Å². The Hall–Kier alpha value is -3.35. The van der Waals surface area contributed by atoms with E-state index in [9.17, 15) is 13.6 Å². The number of aryl methyl sites for hydroxylation is 1. The molecular weight excluding hydrogens is 446 g/mol. The summed E-state index contributed by atoms with van der Waals surface area (Å²) >= 11 is 0. The molecule has 4 nitrogen and oxygen atoms in total. The number of hydrogen-bond acceptors (Lipinski definition) is 4. The maximum atomic E-state index is 14.1. The van der Waals surface area contributed by atoms with Gasteiger partial charge in [-0.25, -0.2) is 8.78 Å². The highest BCUT2D eigenvalue weighted by Crippen LogP contribution is 2.43. The molecule has 0 aromatic heterocycles. The zero-order valence-corrected chi connectivity index (χ0v) is 19.7. The SMILES string of the molecule is Cc1ccc(C2=C(c3cc(F)cc(F)c3)c3ccc(OCCCN4CCNCC4)cc3C2=O)cc1. The minimum absolute atomic E-state index is 0.171. The Bertz CT molecular complexity index is 1260. The highest BCUT2D eigenvalue weighted by atomic mass is 19.1. The molecule has 0 amide bonds. The van der Waals surface area contributed by atoms with E-state index in [1.54, 1.807) is 6.07 Å². The number of carbonyl (C=O) groups is 1. The second-order valence-electron chi connectivity index (χ2n) is 9.10. The number of nitrogens with one attached hydrogen (secondary N) is 1. The third-order valence-electron chi connectivity index (χ3n) is 6.57. The first-order valence-electron chi connectivity index (χ1n) is 12.0. The molecule has 0 bridgehead atoms. The highest BCUT2D eigenvalue weighted by molar-refractivity contribution is 6.41. The van der Waals surface area contributed by atoms with Gasteiger partial charge in [0, 0.05) is 55.5 Å². The summed E-state index contributed by atoms with van der Waals surface area (Å²) in [5, 5.41) is 3.35. The molecule has 0 unspecified atom stereocenters. The minimum Gasteiger partial charge on any atom is -0.494 e. The number of halogens is 2. The molecule has 1 heterocycles.